The average molecular weight is 355 g/mol. The minimum atomic E-state index is 0.454. The Hall–Kier alpha value is -2.25. The number of piperazine rings is 1. The van der Waals surface area contributed by atoms with Gasteiger partial charge in [0.25, 0.3) is 5.89 Å². The van der Waals surface area contributed by atoms with Gasteiger partial charge < -0.3 is 9.42 Å². The summed E-state index contributed by atoms with van der Waals surface area (Å²) in [6.45, 7) is 8.00. The summed E-state index contributed by atoms with van der Waals surface area (Å²) in [5, 5.41) is 8.29. The van der Waals surface area contributed by atoms with E-state index < -0.39 is 0 Å². The Kier molecular flexibility index (Phi) is 4.50. The fourth-order valence-electron chi connectivity index (χ4n) is 3.27. The van der Waals surface area contributed by atoms with Gasteiger partial charge in [-0.15, -0.1) is 0 Å². The van der Waals surface area contributed by atoms with Crippen molar-refractivity contribution in [3.63, 3.8) is 0 Å². The zero-order valence-corrected chi connectivity index (χ0v) is 15.2. The topological polar surface area (TPSA) is 58.3 Å². The van der Waals surface area contributed by atoms with Gasteiger partial charge in [-0.3, -0.25) is 4.90 Å². The molecule has 0 bridgehead atoms. The molecule has 1 atom stereocenters. The van der Waals surface area contributed by atoms with Crippen LogP contribution < -0.4 is 4.90 Å². The number of pyridine rings is 1. The lowest BCUT2D eigenvalue weighted by Crippen LogP contribution is -2.47. The van der Waals surface area contributed by atoms with Crippen LogP contribution in [0.4, 0.5) is 5.82 Å². The van der Waals surface area contributed by atoms with Gasteiger partial charge in [0.05, 0.1) is 5.56 Å². The highest BCUT2D eigenvalue weighted by atomic mass is 32.1. The third-order valence-electron chi connectivity index (χ3n) is 4.73. The third kappa shape index (κ3) is 3.29. The van der Waals surface area contributed by atoms with E-state index >= 15 is 0 Å². The normalized spacial score (nSPS) is 17.0. The smallest absolute Gasteiger partial charge is 0.261 e. The van der Waals surface area contributed by atoms with E-state index in [1.54, 1.807) is 11.3 Å². The Balaban J connectivity index is 1.50. The van der Waals surface area contributed by atoms with Crippen molar-refractivity contribution in [2.24, 2.45) is 0 Å². The molecule has 0 radical (unpaired) electrons. The Bertz CT molecular complexity index is 824. The summed E-state index contributed by atoms with van der Waals surface area (Å²) >= 11 is 1.76. The number of hydrogen-bond acceptors (Lipinski definition) is 7. The number of anilines is 1. The van der Waals surface area contributed by atoms with Crippen LogP contribution in [0.5, 0.6) is 0 Å². The molecule has 6 nitrogen and oxygen atoms in total. The van der Waals surface area contributed by atoms with Crippen LogP contribution in [0.25, 0.3) is 11.5 Å². The highest BCUT2D eigenvalue weighted by Gasteiger charge is 2.25. The Labute approximate surface area is 151 Å². The molecule has 0 spiro atoms. The minimum Gasteiger partial charge on any atom is -0.353 e. The fraction of sp³-hybridized carbons (Fsp3) is 0.389. The maximum absolute atomic E-state index is 5.35. The summed E-state index contributed by atoms with van der Waals surface area (Å²) in [6.07, 6.45) is 1.82. The summed E-state index contributed by atoms with van der Waals surface area (Å²) in [5.41, 5.74) is 2.31. The molecule has 0 N–H and O–H groups in total. The van der Waals surface area contributed by atoms with Crippen LogP contribution in [0.3, 0.4) is 0 Å². The highest BCUT2D eigenvalue weighted by molar-refractivity contribution is 7.07. The van der Waals surface area contributed by atoms with Crippen molar-refractivity contribution in [2.75, 3.05) is 31.1 Å². The lowest BCUT2D eigenvalue weighted by molar-refractivity contribution is 0.198. The predicted molar refractivity (Wildman–Crippen MR) is 98.8 cm³/mol. The quantitative estimate of drug-likeness (QED) is 0.715. The molecule has 4 rings (SSSR count). The molecule has 0 aliphatic carbocycles. The van der Waals surface area contributed by atoms with Gasteiger partial charge in [0.2, 0.25) is 0 Å². The fourth-order valence-corrected chi connectivity index (χ4v) is 4.01. The maximum atomic E-state index is 5.35. The maximum Gasteiger partial charge on any atom is 0.261 e. The van der Waals surface area contributed by atoms with Crippen molar-refractivity contribution >= 4 is 17.2 Å². The van der Waals surface area contributed by atoms with E-state index in [4.69, 9.17) is 4.52 Å². The third-order valence-corrected chi connectivity index (χ3v) is 5.43. The van der Waals surface area contributed by atoms with Crippen LogP contribution in [0, 0.1) is 6.92 Å². The van der Waals surface area contributed by atoms with Crippen molar-refractivity contribution in [3.8, 4) is 11.5 Å². The average Bonchev–Trinajstić information content (AvgIpc) is 3.33. The molecule has 1 fully saturated rings. The van der Waals surface area contributed by atoms with Gasteiger partial charge in [-0.05, 0) is 48.4 Å². The number of thiophene rings is 1. The summed E-state index contributed by atoms with van der Waals surface area (Å²) in [4.78, 5) is 13.8. The van der Waals surface area contributed by atoms with Crippen molar-refractivity contribution < 1.29 is 4.52 Å². The first-order chi connectivity index (χ1) is 12.2. The van der Waals surface area contributed by atoms with Crippen molar-refractivity contribution in [1.82, 2.24) is 20.0 Å². The molecule has 0 saturated carbocycles. The molecule has 3 aromatic heterocycles. The Morgan fingerprint density at radius 1 is 1.20 bits per heavy atom. The predicted octanol–water partition coefficient (Wildman–Crippen LogP) is 3.38. The molecular weight excluding hydrogens is 334 g/mol. The second-order valence-electron chi connectivity index (χ2n) is 6.28. The second-order valence-corrected chi connectivity index (χ2v) is 7.06. The van der Waals surface area contributed by atoms with E-state index in [9.17, 15) is 0 Å². The largest absolute Gasteiger partial charge is 0.353 e. The van der Waals surface area contributed by atoms with Crippen LogP contribution in [0.2, 0.25) is 0 Å². The van der Waals surface area contributed by atoms with E-state index in [-0.39, 0.29) is 0 Å². The van der Waals surface area contributed by atoms with E-state index in [1.165, 1.54) is 5.56 Å². The minimum absolute atomic E-state index is 0.454. The number of aryl methyl sites for hydroxylation is 1. The van der Waals surface area contributed by atoms with Crippen molar-refractivity contribution in [2.45, 2.75) is 19.9 Å². The van der Waals surface area contributed by atoms with E-state index in [2.05, 4.69) is 48.7 Å². The molecule has 7 heteroatoms. The summed E-state index contributed by atoms with van der Waals surface area (Å²) in [6, 6.07) is 6.58. The molecule has 0 amide bonds. The zero-order chi connectivity index (χ0) is 17.2. The lowest BCUT2D eigenvalue weighted by Gasteiger charge is -2.38. The first kappa shape index (κ1) is 16.2. The van der Waals surface area contributed by atoms with Gasteiger partial charge in [0.1, 0.15) is 5.82 Å². The second kappa shape index (κ2) is 6.93. The molecule has 1 aliphatic rings. The molecule has 1 aliphatic heterocycles. The lowest BCUT2D eigenvalue weighted by atomic mass is 10.1. The van der Waals surface area contributed by atoms with Crippen LogP contribution >= 0.6 is 11.3 Å². The molecule has 25 heavy (non-hydrogen) atoms. The van der Waals surface area contributed by atoms with Gasteiger partial charge in [0.15, 0.2) is 5.82 Å². The van der Waals surface area contributed by atoms with Crippen LogP contribution in [0.15, 0.2) is 39.7 Å². The summed E-state index contributed by atoms with van der Waals surface area (Å²) < 4.78 is 5.35. The Morgan fingerprint density at radius 3 is 2.72 bits per heavy atom. The molecular formula is C18H21N5OS. The first-order valence-corrected chi connectivity index (χ1v) is 9.43. The molecule has 130 valence electrons. The van der Waals surface area contributed by atoms with Gasteiger partial charge in [-0.1, -0.05) is 5.16 Å². The van der Waals surface area contributed by atoms with Crippen molar-refractivity contribution in [1.29, 1.82) is 0 Å². The first-order valence-electron chi connectivity index (χ1n) is 8.49. The van der Waals surface area contributed by atoms with E-state index in [0.717, 1.165) is 37.6 Å². The highest BCUT2D eigenvalue weighted by Crippen LogP contribution is 2.30. The van der Waals surface area contributed by atoms with Gasteiger partial charge in [0, 0.05) is 38.4 Å². The van der Waals surface area contributed by atoms with Crippen LogP contribution in [-0.2, 0) is 0 Å². The molecule has 3 aromatic rings. The van der Waals surface area contributed by atoms with Crippen LogP contribution in [-0.4, -0.2) is 46.2 Å². The summed E-state index contributed by atoms with van der Waals surface area (Å²) in [5.74, 6) is 2.10. The SMILES string of the molecule is Cc1noc(-c2cccnc2N2CCN(C(C)c3ccsc3)CC2)n1. The molecule has 1 unspecified atom stereocenters. The van der Waals surface area contributed by atoms with Gasteiger partial charge >= 0.3 is 0 Å². The van der Waals surface area contributed by atoms with Crippen molar-refractivity contribution in [3.05, 3.63) is 46.5 Å². The number of nitrogens with zero attached hydrogens (tertiary/aromatic N) is 5. The molecule has 0 aromatic carbocycles. The monoisotopic (exact) mass is 355 g/mol. The van der Waals surface area contributed by atoms with E-state index in [1.807, 2.05) is 25.3 Å². The zero-order valence-electron chi connectivity index (χ0n) is 14.4. The standard InChI is InChI=1S/C18H21N5OS/c1-13(15-5-11-25-12-15)22-7-9-23(10-8-22)17-16(4-3-6-19-17)18-20-14(2)21-24-18/h3-6,11-13H,7-10H2,1-2H3. The van der Waals surface area contributed by atoms with Crippen LogP contribution in [0.1, 0.15) is 24.4 Å². The number of hydrogen-bond donors (Lipinski definition) is 0. The molecule has 4 heterocycles. The van der Waals surface area contributed by atoms with Gasteiger partial charge in [-0.2, -0.15) is 16.3 Å². The number of aromatic nitrogens is 3. The summed E-state index contributed by atoms with van der Waals surface area (Å²) in [7, 11) is 0. The molecule has 1 saturated heterocycles. The van der Waals surface area contributed by atoms with E-state index in [0.29, 0.717) is 17.8 Å². The van der Waals surface area contributed by atoms with Gasteiger partial charge in [-0.25, -0.2) is 4.98 Å². The Morgan fingerprint density at radius 2 is 2.04 bits per heavy atom. The number of rotatable bonds is 4.